The number of anilines is 1. The first-order chi connectivity index (χ1) is 9.15. The standard InChI is InChI=1S/C11H8BrN5O2/c12-9-6-13-11(14-7-9)16-15-5-8-1-3-10(4-2-8)17(18)19/h1-7H,(H,13,14,16)/b15-5+. The van der Waals surface area contributed by atoms with Crippen molar-refractivity contribution < 1.29 is 4.92 Å². The number of hydrogen-bond acceptors (Lipinski definition) is 6. The molecule has 0 saturated carbocycles. The van der Waals surface area contributed by atoms with Gasteiger partial charge in [-0.3, -0.25) is 10.1 Å². The second-order valence-corrected chi connectivity index (χ2v) is 4.36. The van der Waals surface area contributed by atoms with E-state index in [1.165, 1.54) is 18.3 Å². The minimum atomic E-state index is -0.450. The smallest absolute Gasteiger partial charge is 0.258 e. The normalized spacial score (nSPS) is 10.6. The van der Waals surface area contributed by atoms with Crippen molar-refractivity contribution in [3.8, 4) is 0 Å². The molecule has 7 nitrogen and oxygen atoms in total. The molecule has 8 heteroatoms. The molecule has 0 aliphatic heterocycles. The lowest BCUT2D eigenvalue weighted by Gasteiger charge is -1.97. The Bertz CT molecular complexity index is 597. The Labute approximate surface area is 116 Å². The van der Waals surface area contributed by atoms with E-state index in [0.717, 1.165) is 10.0 Å². The summed E-state index contributed by atoms with van der Waals surface area (Å²) in [5, 5.41) is 14.4. The second-order valence-electron chi connectivity index (χ2n) is 3.44. The van der Waals surface area contributed by atoms with E-state index in [2.05, 4.69) is 36.4 Å². The van der Waals surface area contributed by atoms with Gasteiger partial charge < -0.3 is 0 Å². The Kier molecular flexibility index (Phi) is 4.14. The molecule has 1 aromatic heterocycles. The first kappa shape index (κ1) is 13.1. The molecule has 2 aromatic rings. The van der Waals surface area contributed by atoms with Crippen molar-refractivity contribution in [1.29, 1.82) is 0 Å². The van der Waals surface area contributed by atoms with E-state index >= 15 is 0 Å². The Hall–Kier alpha value is -2.35. The average Bonchev–Trinajstić information content (AvgIpc) is 2.41. The van der Waals surface area contributed by atoms with Crippen LogP contribution in [0.3, 0.4) is 0 Å². The van der Waals surface area contributed by atoms with Crippen molar-refractivity contribution in [3.63, 3.8) is 0 Å². The van der Waals surface area contributed by atoms with Crippen molar-refractivity contribution in [1.82, 2.24) is 9.97 Å². The number of nitrogens with zero attached hydrogens (tertiary/aromatic N) is 4. The van der Waals surface area contributed by atoms with Crippen LogP contribution in [0.2, 0.25) is 0 Å². The average molecular weight is 322 g/mol. The van der Waals surface area contributed by atoms with Crippen LogP contribution >= 0.6 is 15.9 Å². The summed E-state index contributed by atoms with van der Waals surface area (Å²) >= 11 is 3.22. The molecular weight excluding hydrogens is 314 g/mol. The highest BCUT2D eigenvalue weighted by molar-refractivity contribution is 9.10. The van der Waals surface area contributed by atoms with Crippen LogP contribution in [-0.4, -0.2) is 21.1 Å². The fourth-order valence-electron chi connectivity index (χ4n) is 1.22. The van der Waals surface area contributed by atoms with Gasteiger partial charge in [0, 0.05) is 24.5 Å². The lowest BCUT2D eigenvalue weighted by molar-refractivity contribution is -0.384. The van der Waals surface area contributed by atoms with Gasteiger partial charge in [0.2, 0.25) is 5.95 Å². The largest absolute Gasteiger partial charge is 0.269 e. The van der Waals surface area contributed by atoms with Crippen LogP contribution in [0.25, 0.3) is 0 Å². The molecule has 0 saturated heterocycles. The third-order valence-electron chi connectivity index (χ3n) is 2.10. The van der Waals surface area contributed by atoms with Gasteiger partial charge in [-0.15, -0.1) is 0 Å². The number of aromatic nitrogens is 2. The van der Waals surface area contributed by atoms with Gasteiger partial charge in [0.05, 0.1) is 15.6 Å². The molecule has 19 heavy (non-hydrogen) atoms. The summed E-state index contributed by atoms with van der Waals surface area (Å²) in [6.07, 6.45) is 4.71. The van der Waals surface area contributed by atoms with Gasteiger partial charge in [-0.1, -0.05) is 0 Å². The number of hydrazone groups is 1. The van der Waals surface area contributed by atoms with Gasteiger partial charge in [0.1, 0.15) is 0 Å². The molecular formula is C11H8BrN5O2. The lowest BCUT2D eigenvalue weighted by Crippen LogP contribution is -1.96. The summed E-state index contributed by atoms with van der Waals surface area (Å²) in [6.45, 7) is 0. The zero-order valence-corrected chi connectivity index (χ0v) is 11.1. The fourth-order valence-corrected chi connectivity index (χ4v) is 1.42. The second kappa shape index (κ2) is 6.01. The van der Waals surface area contributed by atoms with Crippen LogP contribution in [0.5, 0.6) is 0 Å². The predicted molar refractivity (Wildman–Crippen MR) is 74.0 cm³/mol. The van der Waals surface area contributed by atoms with Crippen molar-refractivity contribution in [2.24, 2.45) is 5.10 Å². The fraction of sp³-hybridized carbons (Fsp3) is 0. The number of non-ortho nitro benzene ring substituents is 1. The van der Waals surface area contributed by atoms with E-state index in [9.17, 15) is 10.1 Å². The van der Waals surface area contributed by atoms with Gasteiger partial charge >= 0.3 is 0 Å². The van der Waals surface area contributed by atoms with E-state index in [4.69, 9.17) is 0 Å². The zero-order chi connectivity index (χ0) is 13.7. The van der Waals surface area contributed by atoms with E-state index < -0.39 is 4.92 Å². The molecule has 1 heterocycles. The van der Waals surface area contributed by atoms with Crippen LogP contribution in [0.1, 0.15) is 5.56 Å². The van der Waals surface area contributed by atoms with Gasteiger partial charge in [-0.2, -0.15) is 5.10 Å². The molecule has 0 radical (unpaired) electrons. The lowest BCUT2D eigenvalue weighted by atomic mass is 10.2. The summed E-state index contributed by atoms with van der Waals surface area (Å²) in [5.74, 6) is 0.362. The van der Waals surface area contributed by atoms with Crippen molar-refractivity contribution in [2.45, 2.75) is 0 Å². The first-order valence-electron chi connectivity index (χ1n) is 5.16. The van der Waals surface area contributed by atoms with Crippen LogP contribution in [-0.2, 0) is 0 Å². The molecule has 1 aromatic carbocycles. The van der Waals surface area contributed by atoms with Crippen molar-refractivity contribution in [2.75, 3.05) is 5.43 Å². The molecule has 0 amide bonds. The summed E-state index contributed by atoms with van der Waals surface area (Å²) in [4.78, 5) is 18.0. The first-order valence-corrected chi connectivity index (χ1v) is 5.95. The number of nitro groups is 1. The summed E-state index contributed by atoms with van der Waals surface area (Å²) < 4.78 is 0.775. The van der Waals surface area contributed by atoms with E-state index in [-0.39, 0.29) is 5.69 Å². The van der Waals surface area contributed by atoms with Crippen LogP contribution < -0.4 is 5.43 Å². The number of rotatable bonds is 4. The third kappa shape index (κ3) is 3.81. The number of nitro benzene ring substituents is 1. The predicted octanol–water partition coefficient (Wildman–Crippen LogP) is 2.59. The maximum atomic E-state index is 10.5. The highest BCUT2D eigenvalue weighted by Crippen LogP contribution is 2.10. The molecule has 2 rings (SSSR count). The van der Waals surface area contributed by atoms with Crippen molar-refractivity contribution in [3.05, 3.63) is 56.8 Å². The Morgan fingerprint density at radius 3 is 2.47 bits per heavy atom. The minimum absolute atomic E-state index is 0.0429. The highest BCUT2D eigenvalue weighted by atomic mass is 79.9. The quantitative estimate of drug-likeness (QED) is 0.530. The minimum Gasteiger partial charge on any atom is -0.258 e. The Morgan fingerprint density at radius 2 is 1.89 bits per heavy atom. The molecule has 0 spiro atoms. The van der Waals surface area contributed by atoms with Gasteiger partial charge in [0.25, 0.3) is 5.69 Å². The molecule has 0 bridgehead atoms. The SMILES string of the molecule is O=[N+]([O-])c1ccc(/C=N/Nc2ncc(Br)cn2)cc1. The van der Waals surface area contributed by atoms with Crippen molar-refractivity contribution >= 4 is 33.8 Å². The number of benzene rings is 1. The van der Waals surface area contributed by atoms with Gasteiger partial charge in [0.15, 0.2) is 0 Å². The highest BCUT2D eigenvalue weighted by Gasteiger charge is 2.02. The molecule has 0 fully saturated rings. The monoisotopic (exact) mass is 321 g/mol. The maximum absolute atomic E-state index is 10.5. The molecule has 0 aliphatic rings. The zero-order valence-electron chi connectivity index (χ0n) is 9.52. The van der Waals surface area contributed by atoms with Gasteiger partial charge in [-0.05, 0) is 33.6 Å². The topological polar surface area (TPSA) is 93.3 Å². The maximum Gasteiger partial charge on any atom is 0.269 e. The number of hydrogen-bond donors (Lipinski definition) is 1. The van der Waals surface area contributed by atoms with E-state index in [0.29, 0.717) is 5.95 Å². The Morgan fingerprint density at radius 1 is 1.26 bits per heavy atom. The van der Waals surface area contributed by atoms with Crippen LogP contribution in [0.4, 0.5) is 11.6 Å². The molecule has 96 valence electrons. The van der Waals surface area contributed by atoms with E-state index in [1.807, 2.05) is 0 Å². The Balaban J connectivity index is 1.98. The summed E-state index contributed by atoms with van der Waals surface area (Å²) in [7, 11) is 0. The third-order valence-corrected chi connectivity index (χ3v) is 2.51. The summed E-state index contributed by atoms with van der Waals surface area (Å²) in [5.41, 5.74) is 3.42. The van der Waals surface area contributed by atoms with Crippen LogP contribution in [0, 0.1) is 10.1 Å². The van der Waals surface area contributed by atoms with Crippen LogP contribution in [0.15, 0.2) is 46.2 Å². The number of halogens is 1. The van der Waals surface area contributed by atoms with Gasteiger partial charge in [-0.25, -0.2) is 15.4 Å². The number of nitrogens with one attached hydrogen (secondary N) is 1. The molecule has 0 unspecified atom stereocenters. The molecule has 0 aliphatic carbocycles. The molecule has 0 atom stereocenters. The summed E-state index contributed by atoms with van der Waals surface area (Å²) in [6, 6.07) is 6.03. The molecule has 1 N–H and O–H groups in total. The van der Waals surface area contributed by atoms with E-state index in [1.54, 1.807) is 24.5 Å².